The third-order valence-electron chi connectivity index (χ3n) is 4.71. The fraction of sp³-hybridized carbons (Fsp3) is 0.286. The van der Waals surface area contributed by atoms with Gasteiger partial charge in [0.15, 0.2) is 23.3 Å². The molecule has 0 aliphatic carbocycles. The summed E-state index contributed by atoms with van der Waals surface area (Å²) in [6, 6.07) is -3.12. The van der Waals surface area contributed by atoms with Gasteiger partial charge in [-0.3, -0.25) is 9.13 Å². The molecule has 3 aromatic heterocycles. The topological polar surface area (TPSA) is 77.5 Å². The van der Waals surface area contributed by atoms with E-state index >= 15 is 0 Å². The standard InChI is InChI=1S/C21H20F2N8/c1-4-16-20-28-26-11-30(20)17-10-25-21(27-19(17)31(16)12(2)3)29-8-7-24-18(29)13-5-6-14(22)15(23)9-13/h5-12,16H,4H2,1-3H3/i1D3,2D3,3D3,4D2,12D. The van der Waals surface area contributed by atoms with Crippen LogP contribution in [0.4, 0.5) is 14.6 Å². The largest absolute Gasteiger partial charge is 0.342 e. The van der Waals surface area contributed by atoms with Gasteiger partial charge in [-0.05, 0) is 38.3 Å². The summed E-state index contributed by atoms with van der Waals surface area (Å²) in [6.07, 6.45) is 1.25. The van der Waals surface area contributed by atoms with E-state index in [0.29, 0.717) is 0 Å². The molecule has 10 heteroatoms. The van der Waals surface area contributed by atoms with Gasteiger partial charge in [-0.25, -0.2) is 18.7 Å². The van der Waals surface area contributed by atoms with Crippen LogP contribution in [-0.4, -0.2) is 40.3 Å². The zero-order chi connectivity index (χ0) is 31.9. The fourth-order valence-corrected chi connectivity index (χ4v) is 3.35. The average Bonchev–Trinajstić information content (AvgIpc) is 3.57. The molecule has 158 valence electrons. The highest BCUT2D eigenvalue weighted by Gasteiger charge is 2.35. The van der Waals surface area contributed by atoms with Crippen LogP contribution in [0.1, 0.15) is 55.2 Å². The molecule has 4 aromatic rings. The highest BCUT2D eigenvalue weighted by Crippen LogP contribution is 2.39. The second kappa shape index (κ2) is 7.22. The molecule has 8 nitrogen and oxygen atoms in total. The Morgan fingerprint density at radius 2 is 2.13 bits per heavy atom. The lowest BCUT2D eigenvalue weighted by Gasteiger charge is -2.39. The van der Waals surface area contributed by atoms with Crippen molar-refractivity contribution in [3.8, 4) is 23.0 Å². The third kappa shape index (κ3) is 2.97. The van der Waals surface area contributed by atoms with Gasteiger partial charge in [0.05, 0.1) is 13.6 Å². The van der Waals surface area contributed by atoms with Crippen molar-refractivity contribution in [2.75, 3.05) is 4.90 Å². The maximum absolute atomic E-state index is 14.0. The van der Waals surface area contributed by atoms with E-state index in [2.05, 4.69) is 25.1 Å². The summed E-state index contributed by atoms with van der Waals surface area (Å²) in [5.74, 6) is -3.84. The highest BCUT2D eigenvalue weighted by molar-refractivity contribution is 5.63. The van der Waals surface area contributed by atoms with Crippen LogP contribution in [0.25, 0.3) is 23.0 Å². The molecule has 0 fully saturated rings. The van der Waals surface area contributed by atoms with Crippen molar-refractivity contribution >= 4 is 5.82 Å². The molecule has 0 saturated heterocycles. The number of hydrogen-bond acceptors (Lipinski definition) is 6. The Hall–Kier alpha value is -3.69. The minimum Gasteiger partial charge on any atom is -0.342 e. The Labute approximate surface area is 194 Å². The molecule has 31 heavy (non-hydrogen) atoms. The molecular formula is C21H20F2N8. The quantitative estimate of drug-likeness (QED) is 0.485. The number of nitrogens with zero attached hydrogens (tertiary/aromatic N) is 8. The number of imidazole rings is 1. The Balaban J connectivity index is 1.84. The summed E-state index contributed by atoms with van der Waals surface area (Å²) >= 11 is 0. The Morgan fingerprint density at radius 3 is 2.94 bits per heavy atom. The molecule has 0 bridgehead atoms. The van der Waals surface area contributed by atoms with Crippen LogP contribution in [-0.2, 0) is 0 Å². The van der Waals surface area contributed by atoms with E-state index in [0.717, 1.165) is 33.8 Å². The van der Waals surface area contributed by atoms with Gasteiger partial charge < -0.3 is 4.90 Å². The first-order valence-corrected chi connectivity index (χ1v) is 8.77. The number of rotatable bonds is 4. The van der Waals surface area contributed by atoms with Crippen LogP contribution in [0.5, 0.6) is 0 Å². The monoisotopic (exact) mass is 434 g/mol. The lowest BCUT2D eigenvalue weighted by molar-refractivity contribution is 0.497. The van der Waals surface area contributed by atoms with E-state index in [-0.39, 0.29) is 27.9 Å². The highest BCUT2D eigenvalue weighted by atomic mass is 19.2. The Bertz CT molecular complexity index is 1680. The maximum Gasteiger partial charge on any atom is 0.237 e. The van der Waals surface area contributed by atoms with Gasteiger partial charge in [0.1, 0.15) is 17.8 Å². The predicted molar refractivity (Wildman–Crippen MR) is 110 cm³/mol. The third-order valence-corrected chi connectivity index (χ3v) is 4.71. The van der Waals surface area contributed by atoms with Crippen LogP contribution in [0.3, 0.4) is 0 Å². The Kier molecular flexibility index (Phi) is 2.35. The van der Waals surface area contributed by atoms with E-state index in [9.17, 15) is 8.78 Å². The minimum absolute atomic E-state index is 0.0238. The smallest absolute Gasteiger partial charge is 0.237 e. The number of benzene rings is 1. The van der Waals surface area contributed by atoms with Gasteiger partial charge >= 0.3 is 0 Å². The van der Waals surface area contributed by atoms with Crippen molar-refractivity contribution in [3.05, 3.63) is 60.6 Å². The summed E-state index contributed by atoms with van der Waals surface area (Å²) in [6.45, 7) is -10.9. The van der Waals surface area contributed by atoms with Crippen molar-refractivity contribution in [3.63, 3.8) is 0 Å². The molecule has 0 radical (unpaired) electrons. The summed E-state index contributed by atoms with van der Waals surface area (Å²) in [7, 11) is 0. The molecular weight excluding hydrogens is 402 g/mol. The SMILES string of the molecule is [2H]C([2H])([2H])C([2H])([2H])C1c2nncn2-c2cnc(-n3ccnc3-c3ccc(F)c(F)c3)nc2N1C([2H])(C([2H])([2H])[2H])C([2H])([2H])[2H]. The first-order valence-electron chi connectivity index (χ1n) is 14.8. The van der Waals surface area contributed by atoms with Gasteiger partial charge in [0, 0.05) is 39.1 Å². The molecule has 1 atom stereocenters. The first-order chi connectivity index (χ1) is 19.7. The Morgan fingerprint density at radius 1 is 1.23 bits per heavy atom. The normalized spacial score (nSPS) is 23.0. The van der Waals surface area contributed by atoms with Crippen molar-refractivity contribution in [1.29, 1.82) is 0 Å². The number of fused-ring (bicyclic) bond motifs is 3. The van der Waals surface area contributed by atoms with Crippen LogP contribution in [0.2, 0.25) is 0 Å². The predicted octanol–water partition coefficient (Wildman–Crippen LogP) is 3.87. The summed E-state index contributed by atoms with van der Waals surface area (Å²) in [5, 5.41) is 7.47. The molecule has 1 aliphatic heterocycles. The number of hydrogen-bond donors (Lipinski definition) is 0. The van der Waals surface area contributed by atoms with Gasteiger partial charge in [0.25, 0.3) is 0 Å². The minimum atomic E-state index is -3.71. The van der Waals surface area contributed by atoms with Crippen LogP contribution < -0.4 is 4.90 Å². The molecule has 1 unspecified atom stereocenters. The molecule has 5 rings (SSSR count). The second-order valence-electron chi connectivity index (χ2n) is 6.45. The molecule has 0 N–H and O–H groups in total. The molecule has 1 aromatic carbocycles. The van der Waals surface area contributed by atoms with E-state index in [4.69, 9.17) is 16.4 Å². The van der Waals surface area contributed by atoms with Crippen molar-refractivity contribution < 1.29 is 25.2 Å². The summed E-state index contributed by atoms with van der Waals surface area (Å²) < 4.78 is 128. The molecule has 4 heterocycles. The van der Waals surface area contributed by atoms with Gasteiger partial charge in [-0.15, -0.1) is 10.2 Å². The lowest BCUT2D eigenvalue weighted by Crippen LogP contribution is -2.40. The number of anilines is 1. The summed E-state index contributed by atoms with van der Waals surface area (Å²) in [4.78, 5) is 12.9. The zero-order valence-electron chi connectivity index (χ0n) is 27.5. The van der Waals surface area contributed by atoms with Gasteiger partial charge in [0.2, 0.25) is 5.95 Å². The molecule has 0 saturated carbocycles. The molecule has 1 aliphatic rings. The summed E-state index contributed by atoms with van der Waals surface area (Å²) in [5.41, 5.74) is -0.124. The average molecular weight is 435 g/mol. The maximum atomic E-state index is 14.0. The van der Waals surface area contributed by atoms with Crippen molar-refractivity contribution in [2.45, 2.75) is 39.0 Å². The van der Waals surface area contributed by atoms with E-state index in [1.807, 2.05) is 0 Å². The lowest BCUT2D eigenvalue weighted by atomic mass is 10.1. The first kappa shape index (κ1) is 10.1. The van der Waals surface area contributed by atoms with Crippen LogP contribution in [0.15, 0.2) is 43.1 Å². The van der Waals surface area contributed by atoms with Crippen LogP contribution >= 0.6 is 0 Å². The van der Waals surface area contributed by atoms with E-state index in [1.54, 1.807) is 0 Å². The van der Waals surface area contributed by atoms with E-state index < -0.39 is 62.3 Å². The number of aromatic nitrogens is 7. The zero-order valence-corrected chi connectivity index (χ0v) is 15.5. The number of halogens is 2. The second-order valence-corrected chi connectivity index (χ2v) is 6.45. The van der Waals surface area contributed by atoms with Crippen molar-refractivity contribution in [1.82, 2.24) is 34.3 Å². The van der Waals surface area contributed by atoms with Crippen LogP contribution in [0, 0.1) is 11.6 Å². The fourth-order valence-electron chi connectivity index (χ4n) is 3.35. The molecule has 0 spiro atoms. The van der Waals surface area contributed by atoms with Gasteiger partial charge in [-0.1, -0.05) is 6.85 Å². The van der Waals surface area contributed by atoms with Gasteiger partial charge in [-0.2, -0.15) is 4.98 Å². The van der Waals surface area contributed by atoms with E-state index in [1.165, 1.54) is 18.5 Å². The van der Waals surface area contributed by atoms with Crippen molar-refractivity contribution in [2.24, 2.45) is 0 Å². The molecule has 0 amide bonds.